The fourth-order valence-corrected chi connectivity index (χ4v) is 6.29. The number of carboxylic acid groups (broad SMARTS) is 1. The van der Waals surface area contributed by atoms with Crippen molar-refractivity contribution in [3.8, 4) is 11.3 Å². The minimum Gasteiger partial charge on any atom is -0.478 e. The maximum absolute atomic E-state index is 13.9. The van der Waals surface area contributed by atoms with E-state index in [1.807, 2.05) is 6.07 Å². The molecule has 1 unspecified atom stereocenters. The molecule has 0 bridgehead atoms. The number of carbonyl (C=O) groups is 4. The number of likely N-dealkylation sites (tertiary alicyclic amines) is 1. The number of nitrogens with zero attached hydrogens (tertiary/aromatic N) is 2. The summed E-state index contributed by atoms with van der Waals surface area (Å²) in [6, 6.07) is 8.59. The van der Waals surface area contributed by atoms with Gasteiger partial charge in [-0.3, -0.25) is 14.6 Å². The molecule has 10 nitrogen and oxygen atoms in total. The van der Waals surface area contributed by atoms with Crippen LogP contribution in [0.25, 0.3) is 11.3 Å². The first-order chi connectivity index (χ1) is 19.9. The van der Waals surface area contributed by atoms with Gasteiger partial charge in [0.05, 0.1) is 17.3 Å². The maximum Gasteiger partial charge on any atom is 0.407 e. The number of halogens is 1. The molecule has 4 N–H and O–H groups in total. The molecule has 2 aromatic rings. The second kappa shape index (κ2) is 12.9. The largest absolute Gasteiger partial charge is 0.478 e. The van der Waals surface area contributed by atoms with E-state index < -0.39 is 48.2 Å². The van der Waals surface area contributed by atoms with Crippen molar-refractivity contribution in [2.24, 2.45) is 17.6 Å². The van der Waals surface area contributed by atoms with Crippen molar-refractivity contribution in [1.29, 1.82) is 0 Å². The summed E-state index contributed by atoms with van der Waals surface area (Å²) in [5.41, 5.74) is 6.80. The van der Waals surface area contributed by atoms with Crippen LogP contribution in [0.5, 0.6) is 0 Å². The zero-order valence-corrected chi connectivity index (χ0v) is 24.2. The lowest BCUT2D eigenvalue weighted by Gasteiger charge is -2.35. The molecule has 4 rings (SSSR count). The number of aromatic carboxylic acids is 1. The van der Waals surface area contributed by atoms with Gasteiger partial charge in [-0.25, -0.2) is 14.0 Å². The smallest absolute Gasteiger partial charge is 0.407 e. The molecule has 1 aromatic heterocycles. The van der Waals surface area contributed by atoms with E-state index in [2.05, 4.69) is 10.3 Å². The van der Waals surface area contributed by atoms with Crippen LogP contribution in [0.15, 0.2) is 42.6 Å². The summed E-state index contributed by atoms with van der Waals surface area (Å²) in [5.74, 6) is -2.84. The first kappa shape index (κ1) is 30.9. The molecule has 3 atom stereocenters. The van der Waals surface area contributed by atoms with E-state index in [1.54, 1.807) is 49.9 Å². The monoisotopic (exact) mass is 582 g/mol. The Morgan fingerprint density at radius 1 is 1.10 bits per heavy atom. The van der Waals surface area contributed by atoms with Gasteiger partial charge in [0, 0.05) is 30.1 Å². The van der Waals surface area contributed by atoms with Gasteiger partial charge in [0.25, 0.3) is 0 Å². The van der Waals surface area contributed by atoms with Gasteiger partial charge >= 0.3 is 12.1 Å². The fourth-order valence-electron chi connectivity index (χ4n) is 6.29. The Kier molecular flexibility index (Phi) is 9.48. The van der Waals surface area contributed by atoms with Crippen LogP contribution in [-0.2, 0) is 14.3 Å². The lowest BCUT2D eigenvalue weighted by molar-refractivity contribution is -0.142. The van der Waals surface area contributed by atoms with E-state index in [9.17, 15) is 28.7 Å². The summed E-state index contributed by atoms with van der Waals surface area (Å²) in [6.45, 7) is 4.80. The van der Waals surface area contributed by atoms with E-state index in [4.69, 9.17) is 10.5 Å². The SMILES string of the molecule is CC(C)(C)OC(=O)NC(CF)[C@H]1CC[C@H](C(=O)N2CC[C@H](c3ccccc3-c3ncccc3C(=O)O)[C@H]2C(N)=O)CC1. The predicted octanol–water partition coefficient (Wildman–Crippen LogP) is 4.29. The second-order valence-electron chi connectivity index (χ2n) is 12.1. The molecule has 226 valence electrons. The second-order valence-corrected chi connectivity index (χ2v) is 12.1. The summed E-state index contributed by atoms with van der Waals surface area (Å²) in [7, 11) is 0. The third kappa shape index (κ3) is 6.88. The van der Waals surface area contributed by atoms with E-state index in [0.29, 0.717) is 49.8 Å². The topological polar surface area (TPSA) is 152 Å². The standard InChI is InChI=1S/C31H39FN4O6/c1-31(2,3)42-30(41)35-24(17-32)18-10-12-19(13-11-18)28(38)36-16-14-22(26(36)27(33)37)20-7-4-5-8-21(20)25-23(29(39)40)9-6-15-34-25/h4-9,15,18-19,22,24,26H,10-14,16-17H2,1-3H3,(H2,33,37)(H,35,41)(H,39,40)/t18-,19-,22-,24?,26+/m1/s1. The minimum atomic E-state index is -1.12. The quantitative estimate of drug-likeness (QED) is 0.420. The lowest BCUT2D eigenvalue weighted by atomic mass is 9.78. The number of aromatic nitrogens is 1. The first-order valence-corrected chi connectivity index (χ1v) is 14.3. The normalized spacial score (nSPS) is 23.2. The third-order valence-corrected chi connectivity index (χ3v) is 8.18. The number of amides is 3. The average molecular weight is 583 g/mol. The van der Waals surface area contributed by atoms with Crippen LogP contribution in [0.2, 0.25) is 0 Å². The number of benzene rings is 1. The predicted molar refractivity (Wildman–Crippen MR) is 153 cm³/mol. The van der Waals surface area contributed by atoms with Gasteiger partial charge in [0.2, 0.25) is 11.8 Å². The molecular weight excluding hydrogens is 543 g/mol. The Morgan fingerprint density at radius 2 is 1.79 bits per heavy atom. The zero-order chi connectivity index (χ0) is 30.6. The third-order valence-electron chi connectivity index (χ3n) is 8.18. The number of nitrogens with one attached hydrogen (secondary N) is 1. The molecule has 1 saturated heterocycles. The molecule has 2 fully saturated rings. The number of ether oxygens (including phenoxy) is 1. The van der Waals surface area contributed by atoms with Crippen LogP contribution in [0, 0.1) is 11.8 Å². The van der Waals surface area contributed by atoms with Crippen LogP contribution in [0.1, 0.15) is 74.7 Å². The van der Waals surface area contributed by atoms with Crippen molar-refractivity contribution in [1.82, 2.24) is 15.2 Å². The van der Waals surface area contributed by atoms with Gasteiger partial charge < -0.3 is 25.8 Å². The fraction of sp³-hybridized carbons (Fsp3) is 0.516. The van der Waals surface area contributed by atoms with E-state index in [1.165, 1.54) is 12.3 Å². The number of nitrogens with two attached hydrogens (primary N) is 1. The Labute approximate surface area is 244 Å². The summed E-state index contributed by atoms with van der Waals surface area (Å²) in [4.78, 5) is 56.5. The molecule has 0 spiro atoms. The van der Waals surface area contributed by atoms with Crippen LogP contribution in [0.4, 0.5) is 9.18 Å². The summed E-state index contributed by atoms with van der Waals surface area (Å²) < 4.78 is 19.1. The molecule has 3 amide bonds. The van der Waals surface area contributed by atoms with E-state index in [-0.39, 0.29) is 29.0 Å². The highest BCUT2D eigenvalue weighted by atomic mass is 19.1. The number of alkyl carbamates (subject to hydrolysis) is 1. The molecule has 1 saturated carbocycles. The van der Waals surface area contributed by atoms with Crippen LogP contribution in [-0.4, -0.2) is 69.8 Å². The van der Waals surface area contributed by atoms with Gasteiger partial charge in [0.1, 0.15) is 18.3 Å². The van der Waals surface area contributed by atoms with E-state index in [0.717, 1.165) is 0 Å². The zero-order valence-electron chi connectivity index (χ0n) is 24.2. The highest BCUT2D eigenvalue weighted by Crippen LogP contribution is 2.41. The van der Waals surface area contributed by atoms with Crippen molar-refractivity contribution < 1.29 is 33.4 Å². The number of pyridine rings is 1. The van der Waals surface area contributed by atoms with Crippen LogP contribution in [0.3, 0.4) is 0 Å². The number of alkyl halides is 1. The van der Waals surface area contributed by atoms with Gasteiger partial charge in [-0.1, -0.05) is 24.3 Å². The van der Waals surface area contributed by atoms with Gasteiger partial charge in [-0.2, -0.15) is 0 Å². The number of carboxylic acids is 1. The number of hydrogen-bond acceptors (Lipinski definition) is 6. The molecule has 1 aliphatic carbocycles. The summed E-state index contributed by atoms with van der Waals surface area (Å²) in [5, 5.41) is 12.4. The number of hydrogen-bond donors (Lipinski definition) is 3. The van der Waals surface area contributed by atoms with Crippen molar-refractivity contribution in [2.45, 2.75) is 76.5 Å². The molecule has 1 aliphatic heterocycles. The van der Waals surface area contributed by atoms with Gasteiger partial charge in [-0.05, 0) is 76.5 Å². The van der Waals surface area contributed by atoms with Crippen molar-refractivity contribution >= 4 is 23.9 Å². The molecule has 11 heteroatoms. The minimum absolute atomic E-state index is 0.0380. The van der Waals surface area contributed by atoms with Gasteiger partial charge in [-0.15, -0.1) is 0 Å². The number of rotatable bonds is 8. The summed E-state index contributed by atoms with van der Waals surface area (Å²) >= 11 is 0. The Hall–Kier alpha value is -4.02. The first-order valence-electron chi connectivity index (χ1n) is 14.3. The molecular formula is C31H39FN4O6. The van der Waals surface area contributed by atoms with Crippen molar-refractivity contribution in [3.05, 3.63) is 53.7 Å². The molecule has 1 aromatic carbocycles. The molecule has 0 radical (unpaired) electrons. The maximum atomic E-state index is 13.9. The Bertz CT molecular complexity index is 1320. The van der Waals surface area contributed by atoms with E-state index >= 15 is 0 Å². The highest BCUT2D eigenvalue weighted by Gasteiger charge is 2.45. The lowest BCUT2D eigenvalue weighted by Crippen LogP contribution is -2.49. The van der Waals surface area contributed by atoms with Crippen molar-refractivity contribution in [3.63, 3.8) is 0 Å². The average Bonchev–Trinajstić information content (AvgIpc) is 3.40. The molecule has 2 heterocycles. The van der Waals surface area contributed by atoms with Crippen LogP contribution >= 0.6 is 0 Å². The summed E-state index contributed by atoms with van der Waals surface area (Å²) in [6.07, 6.45) is 3.40. The number of primary amides is 1. The van der Waals surface area contributed by atoms with Crippen LogP contribution < -0.4 is 11.1 Å². The number of carbonyl (C=O) groups excluding carboxylic acids is 3. The highest BCUT2D eigenvalue weighted by molar-refractivity contribution is 5.95. The Morgan fingerprint density at radius 3 is 2.40 bits per heavy atom. The Balaban J connectivity index is 1.48. The van der Waals surface area contributed by atoms with Crippen molar-refractivity contribution in [2.75, 3.05) is 13.2 Å². The van der Waals surface area contributed by atoms with Gasteiger partial charge in [0.15, 0.2) is 0 Å². The molecule has 42 heavy (non-hydrogen) atoms. The molecule has 2 aliphatic rings.